The predicted octanol–water partition coefficient (Wildman–Crippen LogP) is 4.17. The molecule has 1 amide bonds. The van der Waals surface area contributed by atoms with E-state index >= 15 is 0 Å². The number of hydrogen-bond acceptors (Lipinski definition) is 7. The molecule has 0 bridgehead atoms. The molecule has 0 saturated carbocycles. The van der Waals surface area contributed by atoms with Crippen LogP contribution >= 0.6 is 0 Å². The highest BCUT2D eigenvalue weighted by molar-refractivity contribution is 7.89. The zero-order valence-corrected chi connectivity index (χ0v) is 19.8. The van der Waals surface area contributed by atoms with E-state index in [0.29, 0.717) is 42.0 Å². The summed E-state index contributed by atoms with van der Waals surface area (Å²) in [6.45, 7) is 7.05. The number of benzene rings is 1. The second-order valence-corrected chi connectivity index (χ2v) is 10.2. The van der Waals surface area contributed by atoms with E-state index in [9.17, 15) is 13.2 Å². The Hall–Kier alpha value is -2.98. The molecule has 1 aliphatic rings. The molecule has 0 atom stereocenters. The number of anilines is 1. The van der Waals surface area contributed by atoms with Crippen molar-refractivity contribution in [2.75, 3.05) is 25.0 Å². The van der Waals surface area contributed by atoms with Crippen molar-refractivity contribution in [1.29, 1.82) is 0 Å². The van der Waals surface area contributed by atoms with E-state index in [1.54, 1.807) is 25.1 Å². The molecule has 0 unspecified atom stereocenters. The molecule has 2 aromatic heterocycles. The summed E-state index contributed by atoms with van der Waals surface area (Å²) in [5, 5.41) is 7.49. The van der Waals surface area contributed by atoms with Crippen LogP contribution in [0.25, 0.3) is 11.1 Å². The molecule has 3 heterocycles. The van der Waals surface area contributed by atoms with E-state index in [1.165, 1.54) is 16.6 Å². The third-order valence-corrected chi connectivity index (χ3v) is 7.52. The van der Waals surface area contributed by atoms with Gasteiger partial charge in [0.25, 0.3) is 11.6 Å². The maximum Gasteiger partial charge on any atom is 0.257 e. The van der Waals surface area contributed by atoms with Crippen molar-refractivity contribution in [1.82, 2.24) is 14.4 Å². The molecule has 4 rings (SSSR count). The van der Waals surface area contributed by atoms with Gasteiger partial charge in [-0.15, -0.1) is 0 Å². The molecular formula is C23H28N4O5S. The summed E-state index contributed by atoms with van der Waals surface area (Å²) < 4.78 is 38.9. The fourth-order valence-corrected chi connectivity index (χ4v) is 5.57. The summed E-state index contributed by atoms with van der Waals surface area (Å²) in [6.07, 6.45) is 4.09. The Balaban J connectivity index is 1.64. The lowest BCUT2D eigenvalue weighted by molar-refractivity contribution is 0.102. The third kappa shape index (κ3) is 4.72. The average molecular weight is 473 g/mol. The van der Waals surface area contributed by atoms with Crippen LogP contribution < -0.4 is 10.1 Å². The van der Waals surface area contributed by atoms with Gasteiger partial charge in [-0.1, -0.05) is 25.4 Å². The Morgan fingerprint density at radius 2 is 1.97 bits per heavy atom. The number of aromatic nitrogens is 2. The fourth-order valence-electron chi connectivity index (χ4n) is 3.90. The lowest BCUT2D eigenvalue weighted by Crippen LogP contribution is -2.35. The molecule has 33 heavy (non-hydrogen) atoms. The first kappa shape index (κ1) is 23.2. The van der Waals surface area contributed by atoms with Gasteiger partial charge in [0.05, 0.1) is 23.3 Å². The van der Waals surface area contributed by atoms with Gasteiger partial charge < -0.3 is 14.6 Å². The van der Waals surface area contributed by atoms with Crippen LogP contribution in [0.3, 0.4) is 0 Å². The van der Waals surface area contributed by atoms with Gasteiger partial charge in [0.2, 0.25) is 10.0 Å². The van der Waals surface area contributed by atoms with Gasteiger partial charge in [0.15, 0.2) is 0 Å². The first-order valence-electron chi connectivity index (χ1n) is 11.1. The maximum atomic E-state index is 13.3. The van der Waals surface area contributed by atoms with Crippen molar-refractivity contribution in [3.05, 3.63) is 41.7 Å². The van der Waals surface area contributed by atoms with Crippen molar-refractivity contribution in [2.24, 2.45) is 0 Å². The van der Waals surface area contributed by atoms with E-state index in [0.717, 1.165) is 25.0 Å². The Kier molecular flexibility index (Phi) is 6.66. The Morgan fingerprint density at radius 1 is 1.21 bits per heavy atom. The summed E-state index contributed by atoms with van der Waals surface area (Å²) >= 11 is 0. The van der Waals surface area contributed by atoms with Crippen molar-refractivity contribution < 1.29 is 22.5 Å². The number of pyridine rings is 1. The van der Waals surface area contributed by atoms with Crippen LogP contribution in [0.15, 0.2) is 39.9 Å². The normalized spacial score (nSPS) is 15.2. The number of ether oxygens (including phenoxy) is 1. The van der Waals surface area contributed by atoms with Gasteiger partial charge in [0, 0.05) is 25.0 Å². The molecule has 0 spiro atoms. The van der Waals surface area contributed by atoms with Crippen molar-refractivity contribution in [2.45, 2.75) is 50.8 Å². The highest BCUT2D eigenvalue weighted by Crippen LogP contribution is 2.32. The second kappa shape index (κ2) is 9.48. The number of rotatable bonds is 7. The Bertz CT molecular complexity index is 1260. The molecule has 1 aliphatic heterocycles. The lowest BCUT2D eigenvalue weighted by Gasteiger charge is -2.27. The monoisotopic (exact) mass is 472 g/mol. The molecular weight excluding hydrogens is 444 g/mol. The van der Waals surface area contributed by atoms with Crippen LogP contribution in [-0.4, -0.2) is 48.5 Å². The lowest BCUT2D eigenvalue weighted by atomic mass is 10.1. The van der Waals surface area contributed by atoms with Gasteiger partial charge in [-0.2, -0.15) is 4.31 Å². The number of piperidine rings is 1. The number of nitrogens with zero attached hydrogens (tertiary/aromatic N) is 3. The highest BCUT2D eigenvalue weighted by Gasteiger charge is 2.29. The van der Waals surface area contributed by atoms with Crippen molar-refractivity contribution in [3.8, 4) is 5.75 Å². The van der Waals surface area contributed by atoms with Crippen LogP contribution in [0.1, 0.15) is 62.0 Å². The van der Waals surface area contributed by atoms with E-state index in [4.69, 9.17) is 9.26 Å². The topological polar surface area (TPSA) is 115 Å². The minimum atomic E-state index is -3.75. The average Bonchev–Trinajstić information content (AvgIpc) is 3.24. The number of amides is 1. The SMILES string of the molecule is CCOc1ccc(NC(=O)c2cnc3onc(C(C)C)c3c2)cc1S(=O)(=O)N1CCCCC1. The Morgan fingerprint density at radius 3 is 2.67 bits per heavy atom. The van der Waals surface area contributed by atoms with Crippen molar-refractivity contribution in [3.63, 3.8) is 0 Å². The summed E-state index contributed by atoms with van der Waals surface area (Å²) in [5.74, 6) is -0.0268. The van der Waals surface area contributed by atoms with Crippen LogP contribution in [0.4, 0.5) is 5.69 Å². The van der Waals surface area contributed by atoms with Crippen LogP contribution in [0.5, 0.6) is 5.75 Å². The van der Waals surface area contributed by atoms with E-state index in [-0.39, 0.29) is 16.6 Å². The molecule has 1 N–H and O–H groups in total. The second-order valence-electron chi connectivity index (χ2n) is 8.31. The maximum absolute atomic E-state index is 13.3. The zero-order chi connectivity index (χ0) is 23.6. The smallest absolute Gasteiger partial charge is 0.257 e. The molecule has 0 aliphatic carbocycles. The number of sulfonamides is 1. The molecule has 1 aromatic carbocycles. The molecule has 0 radical (unpaired) electrons. The third-order valence-electron chi connectivity index (χ3n) is 5.60. The molecule has 1 fully saturated rings. The van der Waals surface area contributed by atoms with Gasteiger partial charge in [-0.3, -0.25) is 4.79 Å². The van der Waals surface area contributed by atoms with Gasteiger partial charge in [-0.05, 0) is 49.9 Å². The Labute approximate surface area is 193 Å². The molecule has 1 saturated heterocycles. The van der Waals surface area contributed by atoms with E-state index in [1.807, 2.05) is 13.8 Å². The van der Waals surface area contributed by atoms with Gasteiger partial charge in [-0.25, -0.2) is 13.4 Å². The summed E-state index contributed by atoms with van der Waals surface area (Å²) in [4.78, 5) is 17.2. The minimum Gasteiger partial charge on any atom is -0.492 e. The fraction of sp³-hybridized carbons (Fsp3) is 0.435. The molecule has 10 heteroatoms. The first-order chi connectivity index (χ1) is 15.8. The molecule has 9 nitrogen and oxygen atoms in total. The van der Waals surface area contributed by atoms with E-state index < -0.39 is 15.9 Å². The van der Waals surface area contributed by atoms with E-state index in [2.05, 4.69) is 15.5 Å². The van der Waals surface area contributed by atoms with Crippen LogP contribution in [0, 0.1) is 0 Å². The molecule has 3 aromatic rings. The summed E-state index contributed by atoms with van der Waals surface area (Å²) in [6, 6.07) is 6.35. The zero-order valence-electron chi connectivity index (χ0n) is 19.0. The number of fused-ring (bicyclic) bond motifs is 1. The number of hydrogen-bond donors (Lipinski definition) is 1. The largest absolute Gasteiger partial charge is 0.492 e. The number of nitrogens with one attached hydrogen (secondary N) is 1. The quantitative estimate of drug-likeness (QED) is 0.549. The first-order valence-corrected chi connectivity index (χ1v) is 12.6. The summed E-state index contributed by atoms with van der Waals surface area (Å²) in [5.41, 5.74) is 1.77. The van der Waals surface area contributed by atoms with Crippen LogP contribution in [-0.2, 0) is 10.0 Å². The minimum absolute atomic E-state index is 0.0544. The molecule has 176 valence electrons. The van der Waals surface area contributed by atoms with Crippen molar-refractivity contribution >= 4 is 32.7 Å². The summed E-state index contributed by atoms with van der Waals surface area (Å²) in [7, 11) is -3.75. The standard InChI is InChI=1S/C23H28N4O5S/c1-4-31-19-9-8-17(13-20(19)33(29,30)27-10-6-5-7-11-27)25-22(28)16-12-18-21(15(2)3)26-32-23(18)24-14-16/h8-9,12-15H,4-7,10-11H2,1-3H3,(H,25,28). The highest BCUT2D eigenvalue weighted by atomic mass is 32.2. The predicted molar refractivity (Wildman–Crippen MR) is 124 cm³/mol. The van der Waals surface area contributed by atoms with Crippen LogP contribution in [0.2, 0.25) is 0 Å². The van der Waals surface area contributed by atoms with Gasteiger partial charge >= 0.3 is 0 Å². The van der Waals surface area contributed by atoms with Gasteiger partial charge in [0.1, 0.15) is 10.6 Å². The number of carbonyl (C=O) groups is 1. The number of carbonyl (C=O) groups excluding carboxylic acids is 1.